The van der Waals surface area contributed by atoms with Crippen LogP contribution < -0.4 is 10.2 Å². The van der Waals surface area contributed by atoms with Crippen LogP contribution in [0.3, 0.4) is 0 Å². The first-order valence-electron chi connectivity index (χ1n) is 12.8. The lowest BCUT2D eigenvalue weighted by atomic mass is 9.95. The van der Waals surface area contributed by atoms with E-state index in [1.54, 1.807) is 7.11 Å². The summed E-state index contributed by atoms with van der Waals surface area (Å²) in [6.45, 7) is 0. The Morgan fingerprint density at radius 3 is 2.03 bits per heavy atom. The number of nitrogens with zero attached hydrogens (tertiary/aromatic N) is 1. The summed E-state index contributed by atoms with van der Waals surface area (Å²) in [5.74, 6) is 0.807. The molecule has 0 aliphatic heterocycles. The Bertz CT molecular complexity index is 1980. The van der Waals surface area contributed by atoms with E-state index in [9.17, 15) is 4.79 Å². The summed E-state index contributed by atoms with van der Waals surface area (Å²) >= 11 is 0. The van der Waals surface area contributed by atoms with Crippen LogP contribution in [-0.4, -0.2) is 11.5 Å². The van der Waals surface area contributed by atoms with E-state index in [1.807, 2.05) is 48.5 Å². The van der Waals surface area contributed by atoms with Gasteiger partial charge in [0.2, 0.25) is 0 Å². The Balaban J connectivity index is 1.70. The molecule has 2 heterocycles. The zero-order valence-corrected chi connectivity index (χ0v) is 21.0. The predicted octanol–water partition coefficient (Wildman–Crippen LogP) is 7.98. The van der Waals surface area contributed by atoms with Crippen LogP contribution in [0.2, 0.25) is 0 Å². The van der Waals surface area contributed by atoms with Crippen molar-refractivity contribution >= 4 is 27.2 Å². The van der Waals surface area contributed by atoms with Gasteiger partial charge in [0, 0.05) is 28.3 Å². The second-order valence-electron chi connectivity index (χ2n) is 9.70. The Labute approximate surface area is 220 Å². The van der Waals surface area contributed by atoms with Gasteiger partial charge in [-0.3, -0.25) is 4.79 Å². The van der Waals surface area contributed by atoms with Crippen molar-refractivity contribution < 1.29 is 4.74 Å². The molecule has 0 saturated heterocycles. The molecular formula is C35H25NO2. The largest absolute Gasteiger partial charge is 0.497 e. The molecule has 5 aromatic carbocycles. The number of pyridine rings is 1. The van der Waals surface area contributed by atoms with Gasteiger partial charge in [-0.05, 0) is 47.0 Å². The minimum atomic E-state index is 0.0905. The lowest BCUT2D eigenvalue weighted by molar-refractivity contribution is 0.415. The van der Waals surface area contributed by atoms with Gasteiger partial charge in [0.15, 0.2) is 5.43 Å². The number of benzene rings is 5. The van der Waals surface area contributed by atoms with E-state index >= 15 is 0 Å². The maximum absolute atomic E-state index is 14.4. The minimum Gasteiger partial charge on any atom is -0.497 e. The molecule has 0 saturated carbocycles. The topological polar surface area (TPSA) is 30.7 Å². The quantitative estimate of drug-likeness (QED) is 0.229. The van der Waals surface area contributed by atoms with E-state index in [0.717, 1.165) is 66.5 Å². The van der Waals surface area contributed by atoms with Crippen molar-refractivity contribution in [2.24, 2.45) is 0 Å². The molecule has 3 heteroatoms. The summed E-state index contributed by atoms with van der Waals surface area (Å²) in [6.07, 6.45) is 0.585. The van der Waals surface area contributed by atoms with Gasteiger partial charge >= 0.3 is 0 Å². The van der Waals surface area contributed by atoms with Gasteiger partial charge in [0.1, 0.15) is 5.75 Å². The van der Waals surface area contributed by atoms with E-state index in [0.29, 0.717) is 6.42 Å². The van der Waals surface area contributed by atoms with E-state index < -0.39 is 0 Å². The third kappa shape index (κ3) is 3.47. The van der Waals surface area contributed by atoms with Crippen molar-refractivity contribution in [3.8, 4) is 28.1 Å². The smallest absolute Gasteiger partial charge is 0.192 e. The van der Waals surface area contributed by atoms with Crippen molar-refractivity contribution in [2.45, 2.75) is 6.42 Å². The zero-order chi connectivity index (χ0) is 25.6. The Morgan fingerprint density at radius 1 is 0.684 bits per heavy atom. The molecule has 7 aromatic rings. The average molecular weight is 492 g/mol. The SMILES string of the molecule is COc1ccc2c(c1)cc1cc(Cc3ccccc3)c(=O)c3c(-c4ccccc4)c(-c4ccccc4)n2c13. The van der Waals surface area contributed by atoms with Crippen LogP contribution in [0.25, 0.3) is 49.6 Å². The lowest BCUT2D eigenvalue weighted by Gasteiger charge is -2.12. The van der Waals surface area contributed by atoms with E-state index in [-0.39, 0.29) is 5.43 Å². The number of hydrogen-bond donors (Lipinski definition) is 0. The first-order valence-corrected chi connectivity index (χ1v) is 12.8. The fourth-order valence-corrected chi connectivity index (χ4v) is 5.75. The highest BCUT2D eigenvalue weighted by molar-refractivity contribution is 6.14. The molecule has 0 fully saturated rings. The molecule has 0 amide bonds. The Morgan fingerprint density at radius 2 is 1.34 bits per heavy atom. The van der Waals surface area contributed by atoms with E-state index in [2.05, 4.69) is 77.2 Å². The molecule has 7 rings (SSSR count). The van der Waals surface area contributed by atoms with Gasteiger partial charge in [-0.25, -0.2) is 0 Å². The highest BCUT2D eigenvalue weighted by atomic mass is 16.5. The van der Waals surface area contributed by atoms with Crippen LogP contribution in [0.5, 0.6) is 5.75 Å². The molecule has 0 N–H and O–H groups in total. The molecule has 0 aliphatic rings. The molecule has 3 nitrogen and oxygen atoms in total. The highest BCUT2D eigenvalue weighted by Gasteiger charge is 2.25. The fourth-order valence-electron chi connectivity index (χ4n) is 5.75. The maximum Gasteiger partial charge on any atom is 0.192 e. The predicted molar refractivity (Wildman–Crippen MR) is 157 cm³/mol. The van der Waals surface area contributed by atoms with Gasteiger partial charge in [-0.1, -0.05) is 91.0 Å². The summed E-state index contributed by atoms with van der Waals surface area (Å²) < 4.78 is 7.86. The molecule has 0 radical (unpaired) electrons. The molecule has 0 unspecified atom stereocenters. The summed E-state index contributed by atoms with van der Waals surface area (Å²) in [7, 11) is 1.69. The normalized spacial score (nSPS) is 11.5. The molecule has 0 spiro atoms. The van der Waals surface area contributed by atoms with Crippen molar-refractivity contribution in [3.63, 3.8) is 0 Å². The fraction of sp³-hybridized carbons (Fsp3) is 0.0571. The minimum absolute atomic E-state index is 0.0905. The van der Waals surface area contributed by atoms with Crippen LogP contribution in [0.1, 0.15) is 11.1 Å². The average Bonchev–Trinajstić information content (AvgIpc) is 3.34. The summed E-state index contributed by atoms with van der Waals surface area (Å²) in [6, 6.07) is 41.3. The number of fused-ring (bicyclic) bond motifs is 2. The summed E-state index contributed by atoms with van der Waals surface area (Å²) in [5.41, 5.74) is 8.13. The number of hydrogen-bond acceptors (Lipinski definition) is 2. The molecule has 0 aliphatic carbocycles. The van der Waals surface area contributed by atoms with Gasteiger partial charge in [-0.2, -0.15) is 0 Å². The highest BCUT2D eigenvalue weighted by Crippen LogP contribution is 2.43. The maximum atomic E-state index is 14.4. The van der Waals surface area contributed by atoms with Crippen molar-refractivity contribution in [1.82, 2.24) is 4.40 Å². The lowest BCUT2D eigenvalue weighted by Crippen LogP contribution is -2.10. The van der Waals surface area contributed by atoms with Crippen LogP contribution in [0.15, 0.2) is 126 Å². The molecule has 2 aromatic heterocycles. The van der Waals surface area contributed by atoms with Crippen LogP contribution in [-0.2, 0) is 6.42 Å². The van der Waals surface area contributed by atoms with Gasteiger partial charge in [0.05, 0.1) is 29.2 Å². The van der Waals surface area contributed by atoms with Crippen molar-refractivity contribution in [1.29, 1.82) is 0 Å². The number of rotatable bonds is 5. The number of ether oxygens (including phenoxy) is 1. The summed E-state index contributed by atoms with van der Waals surface area (Å²) in [5, 5.41) is 2.89. The van der Waals surface area contributed by atoms with Crippen molar-refractivity contribution in [3.05, 3.63) is 143 Å². The van der Waals surface area contributed by atoms with Crippen LogP contribution in [0.4, 0.5) is 0 Å². The Kier molecular flexibility index (Phi) is 5.22. The van der Waals surface area contributed by atoms with E-state index in [1.165, 1.54) is 0 Å². The molecule has 0 atom stereocenters. The van der Waals surface area contributed by atoms with Gasteiger partial charge < -0.3 is 9.14 Å². The third-order valence-corrected chi connectivity index (χ3v) is 7.43. The molecule has 0 bridgehead atoms. The molecule has 38 heavy (non-hydrogen) atoms. The first-order chi connectivity index (χ1) is 18.7. The summed E-state index contributed by atoms with van der Waals surface area (Å²) in [4.78, 5) is 14.4. The molecule has 182 valence electrons. The molecular weight excluding hydrogens is 466 g/mol. The van der Waals surface area contributed by atoms with Crippen molar-refractivity contribution in [2.75, 3.05) is 7.11 Å². The second kappa shape index (κ2) is 8.89. The number of methoxy groups -OCH3 is 1. The van der Waals surface area contributed by atoms with Gasteiger partial charge in [-0.15, -0.1) is 0 Å². The third-order valence-electron chi connectivity index (χ3n) is 7.43. The van der Waals surface area contributed by atoms with Crippen LogP contribution in [0, 0.1) is 0 Å². The number of aromatic nitrogens is 1. The van der Waals surface area contributed by atoms with Crippen LogP contribution >= 0.6 is 0 Å². The standard InChI is InChI=1S/C35H25NO2/c1-38-29-17-18-30-26(22-29)20-27-21-28(19-23-11-5-2-6-12-23)35(37)32-31(24-13-7-3-8-14-24)33(36(30)34(27)32)25-15-9-4-10-16-25/h2-18,20-22H,19H2,1H3. The Hall–Kier alpha value is -4.89. The first kappa shape index (κ1) is 22.3. The second-order valence-corrected chi connectivity index (χ2v) is 9.70. The van der Waals surface area contributed by atoms with E-state index in [4.69, 9.17) is 4.74 Å². The monoisotopic (exact) mass is 491 g/mol. The van der Waals surface area contributed by atoms with Gasteiger partial charge in [0.25, 0.3) is 0 Å². The zero-order valence-electron chi connectivity index (χ0n) is 21.0.